The molecule has 0 aliphatic heterocycles. The molecule has 112 valence electrons. The molecule has 1 rings (SSSR count). The van der Waals surface area contributed by atoms with E-state index < -0.39 is 37.3 Å². The molecule has 0 aromatic heterocycles. The molecule has 0 aliphatic rings. The Morgan fingerprint density at radius 1 is 1.50 bits per heavy atom. The predicted octanol–water partition coefficient (Wildman–Crippen LogP) is 2.21. The number of nitrogens with one attached hydrogen (secondary N) is 1. The molecule has 5 nitrogen and oxygen atoms in total. The van der Waals surface area contributed by atoms with E-state index >= 15 is 0 Å². The monoisotopic (exact) mass is 341 g/mol. The van der Waals surface area contributed by atoms with Crippen LogP contribution in [0, 0.1) is 5.82 Å². The molecule has 0 bridgehead atoms. The minimum Gasteiger partial charge on any atom is -0.478 e. The molecule has 0 amide bonds. The minimum absolute atomic E-state index is 0.190. The van der Waals surface area contributed by atoms with Gasteiger partial charge in [-0.3, -0.25) is 0 Å². The predicted molar refractivity (Wildman–Crippen MR) is 76.6 cm³/mol. The number of rotatable bonds is 7. The van der Waals surface area contributed by atoms with Gasteiger partial charge in [0.05, 0.1) is 15.5 Å². The lowest BCUT2D eigenvalue weighted by atomic mass is 10.2. The Hall–Kier alpha value is -0.830. The highest BCUT2D eigenvalue weighted by molar-refractivity contribution is 7.98. The number of sulfonamides is 1. The van der Waals surface area contributed by atoms with Crippen LogP contribution in [0.3, 0.4) is 0 Å². The maximum atomic E-state index is 13.5. The van der Waals surface area contributed by atoms with Crippen molar-refractivity contribution in [3.05, 3.63) is 28.5 Å². The molecule has 0 saturated carbocycles. The van der Waals surface area contributed by atoms with Crippen LogP contribution in [0.2, 0.25) is 5.02 Å². The molecule has 0 unspecified atom stereocenters. The molecule has 1 aromatic carbocycles. The molecule has 0 spiro atoms. The van der Waals surface area contributed by atoms with Gasteiger partial charge in [-0.15, -0.1) is 0 Å². The van der Waals surface area contributed by atoms with Crippen LogP contribution in [0.15, 0.2) is 17.0 Å². The summed E-state index contributed by atoms with van der Waals surface area (Å²) in [4.78, 5) is 10.4. The normalized spacial score (nSPS) is 11.6. The molecule has 0 heterocycles. The van der Waals surface area contributed by atoms with Crippen molar-refractivity contribution in [3.63, 3.8) is 0 Å². The Morgan fingerprint density at radius 3 is 2.70 bits per heavy atom. The number of hydrogen-bond donors (Lipinski definition) is 2. The Kier molecular flexibility index (Phi) is 6.25. The zero-order valence-corrected chi connectivity index (χ0v) is 12.9. The van der Waals surface area contributed by atoms with Gasteiger partial charge in [0.15, 0.2) is 0 Å². The summed E-state index contributed by atoms with van der Waals surface area (Å²) in [6, 6.07) is 1.54. The molecule has 0 radical (unpaired) electrons. The highest BCUT2D eigenvalue weighted by atomic mass is 35.5. The molecule has 0 aliphatic carbocycles. The lowest BCUT2D eigenvalue weighted by Crippen LogP contribution is -2.25. The van der Waals surface area contributed by atoms with Crippen LogP contribution in [0.5, 0.6) is 0 Å². The number of carboxylic acids is 1. The number of carboxylic acid groups (broad SMARTS) is 1. The highest BCUT2D eigenvalue weighted by Gasteiger charge is 2.21. The van der Waals surface area contributed by atoms with Gasteiger partial charge in [0.2, 0.25) is 10.0 Å². The average Bonchev–Trinajstić information content (AvgIpc) is 2.37. The standard InChI is InChI=1S/C11H13ClFNO4S2/c1-19-4-2-3-14-20(17,18)7-5-8(11(15)16)10(12)9(13)6-7/h5-6,14H,2-4H2,1H3,(H,15,16). The van der Waals surface area contributed by atoms with Gasteiger partial charge in [-0.1, -0.05) is 11.6 Å². The molecular weight excluding hydrogens is 329 g/mol. The fraction of sp³-hybridized carbons (Fsp3) is 0.364. The number of hydrogen-bond acceptors (Lipinski definition) is 4. The van der Waals surface area contributed by atoms with Gasteiger partial charge < -0.3 is 5.11 Å². The van der Waals surface area contributed by atoms with E-state index in [0.29, 0.717) is 12.5 Å². The van der Waals surface area contributed by atoms with Crippen molar-refractivity contribution in [2.45, 2.75) is 11.3 Å². The van der Waals surface area contributed by atoms with E-state index in [1.165, 1.54) is 0 Å². The zero-order chi connectivity index (χ0) is 15.3. The Labute approximate surface area is 125 Å². The van der Waals surface area contributed by atoms with Gasteiger partial charge in [0.1, 0.15) is 5.82 Å². The van der Waals surface area contributed by atoms with Crippen molar-refractivity contribution in [3.8, 4) is 0 Å². The lowest BCUT2D eigenvalue weighted by Gasteiger charge is -2.08. The molecule has 2 N–H and O–H groups in total. The third-order valence-corrected chi connectivity index (χ3v) is 4.88. The number of thioether (sulfide) groups is 1. The molecule has 1 aromatic rings. The van der Waals surface area contributed by atoms with Crippen LogP contribution in [0.4, 0.5) is 4.39 Å². The number of aromatic carboxylic acids is 1. The summed E-state index contributed by atoms with van der Waals surface area (Å²) < 4.78 is 39.6. The van der Waals surface area contributed by atoms with Gasteiger partial charge in [-0.05, 0) is 30.6 Å². The first-order chi connectivity index (χ1) is 9.29. The largest absolute Gasteiger partial charge is 0.478 e. The topological polar surface area (TPSA) is 83.5 Å². The van der Waals surface area contributed by atoms with Crippen molar-refractivity contribution in [1.29, 1.82) is 0 Å². The van der Waals surface area contributed by atoms with E-state index in [2.05, 4.69) is 4.72 Å². The van der Waals surface area contributed by atoms with E-state index in [-0.39, 0.29) is 6.54 Å². The third kappa shape index (κ3) is 4.34. The average molecular weight is 342 g/mol. The van der Waals surface area contributed by atoms with Crippen LogP contribution in [0.1, 0.15) is 16.8 Å². The van der Waals surface area contributed by atoms with Crippen molar-refractivity contribution in [2.24, 2.45) is 0 Å². The summed E-state index contributed by atoms with van der Waals surface area (Å²) in [7, 11) is -3.96. The number of carbonyl (C=O) groups is 1. The van der Waals surface area contributed by atoms with Crippen LogP contribution >= 0.6 is 23.4 Å². The third-order valence-electron chi connectivity index (χ3n) is 2.36. The van der Waals surface area contributed by atoms with Gasteiger partial charge in [0.25, 0.3) is 0 Å². The zero-order valence-electron chi connectivity index (χ0n) is 10.5. The molecule has 0 fully saturated rings. The summed E-state index contributed by atoms with van der Waals surface area (Å²) in [5.74, 6) is -1.80. The smallest absolute Gasteiger partial charge is 0.337 e. The fourth-order valence-electron chi connectivity index (χ4n) is 1.38. The number of halogens is 2. The maximum Gasteiger partial charge on any atom is 0.337 e. The summed E-state index contributed by atoms with van der Waals surface area (Å²) in [6.45, 7) is 0.190. The first-order valence-corrected chi connectivity index (χ1v) is 8.76. The van der Waals surface area contributed by atoms with Crippen molar-refractivity contribution in [2.75, 3.05) is 18.6 Å². The summed E-state index contributed by atoms with van der Waals surface area (Å²) in [6.07, 6.45) is 2.50. The fourth-order valence-corrected chi connectivity index (χ4v) is 3.12. The van der Waals surface area contributed by atoms with Gasteiger partial charge in [-0.25, -0.2) is 22.3 Å². The van der Waals surface area contributed by atoms with Crippen LogP contribution < -0.4 is 4.72 Å². The Balaban J connectivity index is 3.04. The molecule has 0 saturated heterocycles. The van der Waals surface area contributed by atoms with Crippen LogP contribution in [0.25, 0.3) is 0 Å². The van der Waals surface area contributed by atoms with Gasteiger partial charge in [-0.2, -0.15) is 11.8 Å². The second-order valence-corrected chi connectivity index (χ2v) is 6.95. The minimum atomic E-state index is -3.96. The summed E-state index contributed by atoms with van der Waals surface area (Å²) in [5, 5.41) is 8.25. The summed E-state index contributed by atoms with van der Waals surface area (Å²) >= 11 is 7.05. The second kappa shape index (κ2) is 7.26. The van der Waals surface area contributed by atoms with E-state index in [0.717, 1.165) is 11.8 Å². The van der Waals surface area contributed by atoms with E-state index in [1.807, 2.05) is 6.26 Å². The lowest BCUT2D eigenvalue weighted by molar-refractivity contribution is 0.0696. The SMILES string of the molecule is CSCCCNS(=O)(=O)c1cc(F)c(Cl)c(C(=O)O)c1. The van der Waals surface area contributed by atoms with Crippen molar-refractivity contribution >= 4 is 39.4 Å². The molecular formula is C11H13ClFNO4S2. The Morgan fingerprint density at radius 2 is 2.15 bits per heavy atom. The van der Waals surface area contributed by atoms with Gasteiger partial charge in [0, 0.05) is 6.54 Å². The quantitative estimate of drug-likeness (QED) is 0.743. The Bertz CT molecular complexity index is 607. The van der Waals surface area contributed by atoms with Crippen LogP contribution in [-0.2, 0) is 10.0 Å². The van der Waals surface area contributed by atoms with Crippen molar-refractivity contribution < 1.29 is 22.7 Å². The first kappa shape index (κ1) is 17.2. The molecule has 0 atom stereocenters. The van der Waals surface area contributed by atoms with Crippen LogP contribution in [-0.4, -0.2) is 38.0 Å². The summed E-state index contributed by atoms with van der Waals surface area (Å²) in [5.41, 5.74) is -0.587. The second-order valence-electron chi connectivity index (χ2n) is 3.82. The van der Waals surface area contributed by atoms with E-state index in [9.17, 15) is 17.6 Å². The maximum absolute atomic E-state index is 13.5. The highest BCUT2D eigenvalue weighted by Crippen LogP contribution is 2.24. The van der Waals surface area contributed by atoms with Crippen molar-refractivity contribution in [1.82, 2.24) is 4.72 Å². The first-order valence-electron chi connectivity index (χ1n) is 5.50. The van der Waals surface area contributed by atoms with E-state index in [1.54, 1.807) is 11.8 Å². The number of benzene rings is 1. The molecule has 20 heavy (non-hydrogen) atoms. The van der Waals surface area contributed by atoms with E-state index in [4.69, 9.17) is 16.7 Å². The molecule has 9 heteroatoms. The van der Waals surface area contributed by atoms with Gasteiger partial charge >= 0.3 is 5.97 Å².